The number of ether oxygens (including phenoxy) is 1. The molecule has 16 heavy (non-hydrogen) atoms. The number of carbonyl (C=O) groups is 1. The number of carbonyl (C=O) groups excluding carboxylic acids is 1. The fourth-order valence-corrected chi connectivity index (χ4v) is 1.94. The van der Waals surface area contributed by atoms with Gasteiger partial charge in [0.05, 0.1) is 12.7 Å². The van der Waals surface area contributed by atoms with E-state index in [-0.39, 0.29) is 12.0 Å². The highest BCUT2D eigenvalue weighted by molar-refractivity contribution is 5.73. The molecule has 1 aromatic carbocycles. The molecule has 0 spiro atoms. The molecular formula is C13H17NO2. The number of benzene rings is 1. The van der Waals surface area contributed by atoms with E-state index < -0.39 is 0 Å². The first-order valence-corrected chi connectivity index (χ1v) is 5.67. The van der Waals surface area contributed by atoms with Gasteiger partial charge in [-0.05, 0) is 12.0 Å². The molecule has 0 aliphatic carbocycles. The van der Waals surface area contributed by atoms with Crippen LogP contribution in [0.15, 0.2) is 30.3 Å². The van der Waals surface area contributed by atoms with Gasteiger partial charge >= 0.3 is 0 Å². The van der Waals surface area contributed by atoms with Crippen molar-refractivity contribution in [1.82, 2.24) is 4.90 Å². The zero-order valence-electron chi connectivity index (χ0n) is 9.56. The third-order valence-electron chi connectivity index (χ3n) is 2.92. The summed E-state index contributed by atoms with van der Waals surface area (Å²) in [7, 11) is 0. The molecule has 0 bridgehead atoms. The standard InChI is InChI=1S/C13H17NO2/c1-11(15)14-8-7-13(9-14)16-10-12-5-3-2-4-6-12/h2-6,13H,7-10H2,1H3. The zero-order chi connectivity index (χ0) is 11.4. The van der Waals surface area contributed by atoms with Gasteiger partial charge in [0.15, 0.2) is 0 Å². The topological polar surface area (TPSA) is 29.5 Å². The first kappa shape index (κ1) is 11.1. The van der Waals surface area contributed by atoms with Crippen LogP contribution in [0.25, 0.3) is 0 Å². The van der Waals surface area contributed by atoms with Crippen molar-refractivity contribution in [3.05, 3.63) is 35.9 Å². The Labute approximate surface area is 96.0 Å². The summed E-state index contributed by atoms with van der Waals surface area (Å²) in [5.74, 6) is 0.144. The molecular weight excluding hydrogens is 202 g/mol. The Morgan fingerprint density at radius 2 is 2.19 bits per heavy atom. The first-order chi connectivity index (χ1) is 7.75. The molecule has 3 heteroatoms. The van der Waals surface area contributed by atoms with Crippen LogP contribution in [0.5, 0.6) is 0 Å². The van der Waals surface area contributed by atoms with Crippen molar-refractivity contribution in [3.8, 4) is 0 Å². The number of nitrogens with zero attached hydrogens (tertiary/aromatic N) is 1. The molecule has 0 aromatic heterocycles. The Morgan fingerprint density at radius 1 is 1.44 bits per heavy atom. The summed E-state index contributed by atoms with van der Waals surface area (Å²) in [5, 5.41) is 0. The predicted octanol–water partition coefficient (Wildman–Crippen LogP) is 1.82. The van der Waals surface area contributed by atoms with Gasteiger partial charge in [0.25, 0.3) is 0 Å². The molecule has 1 atom stereocenters. The SMILES string of the molecule is CC(=O)N1CCC(OCc2ccccc2)C1. The molecule has 1 unspecified atom stereocenters. The van der Waals surface area contributed by atoms with Gasteiger partial charge in [0.2, 0.25) is 5.91 Å². The van der Waals surface area contributed by atoms with Gasteiger partial charge in [-0.3, -0.25) is 4.79 Å². The van der Waals surface area contributed by atoms with Gasteiger partial charge in [-0.1, -0.05) is 30.3 Å². The second-order valence-electron chi connectivity index (χ2n) is 4.17. The molecule has 1 aliphatic rings. The Kier molecular flexibility index (Phi) is 3.57. The lowest BCUT2D eigenvalue weighted by Gasteiger charge is -2.14. The van der Waals surface area contributed by atoms with Crippen LogP contribution in [0, 0.1) is 0 Å². The van der Waals surface area contributed by atoms with E-state index in [1.165, 1.54) is 5.56 Å². The highest BCUT2D eigenvalue weighted by atomic mass is 16.5. The van der Waals surface area contributed by atoms with Crippen molar-refractivity contribution in [2.24, 2.45) is 0 Å². The molecule has 1 amide bonds. The van der Waals surface area contributed by atoms with Crippen molar-refractivity contribution in [1.29, 1.82) is 0 Å². The highest BCUT2D eigenvalue weighted by Crippen LogP contribution is 2.14. The van der Waals surface area contributed by atoms with Crippen molar-refractivity contribution in [3.63, 3.8) is 0 Å². The maximum Gasteiger partial charge on any atom is 0.219 e. The molecule has 1 aliphatic heterocycles. The largest absolute Gasteiger partial charge is 0.372 e. The van der Waals surface area contributed by atoms with Gasteiger partial charge in [0.1, 0.15) is 0 Å². The van der Waals surface area contributed by atoms with Crippen LogP contribution in [-0.4, -0.2) is 30.0 Å². The number of likely N-dealkylation sites (tertiary alicyclic amines) is 1. The lowest BCUT2D eigenvalue weighted by atomic mass is 10.2. The number of hydrogen-bond acceptors (Lipinski definition) is 2. The van der Waals surface area contributed by atoms with Gasteiger partial charge in [-0.15, -0.1) is 0 Å². The Hall–Kier alpha value is -1.35. The van der Waals surface area contributed by atoms with Crippen LogP contribution in [0.1, 0.15) is 18.9 Å². The van der Waals surface area contributed by atoms with E-state index in [2.05, 4.69) is 12.1 Å². The molecule has 1 saturated heterocycles. The summed E-state index contributed by atoms with van der Waals surface area (Å²) < 4.78 is 5.78. The minimum absolute atomic E-state index is 0.144. The molecule has 1 fully saturated rings. The van der Waals surface area contributed by atoms with Crippen molar-refractivity contribution in [2.75, 3.05) is 13.1 Å². The molecule has 86 valence electrons. The zero-order valence-corrected chi connectivity index (χ0v) is 9.56. The minimum Gasteiger partial charge on any atom is -0.372 e. The lowest BCUT2D eigenvalue weighted by Crippen LogP contribution is -2.27. The summed E-state index contributed by atoms with van der Waals surface area (Å²) >= 11 is 0. The van der Waals surface area contributed by atoms with Gasteiger partial charge in [-0.2, -0.15) is 0 Å². The number of hydrogen-bond donors (Lipinski definition) is 0. The summed E-state index contributed by atoms with van der Waals surface area (Å²) in [5.41, 5.74) is 1.18. The van der Waals surface area contributed by atoms with Crippen LogP contribution in [-0.2, 0) is 16.1 Å². The Morgan fingerprint density at radius 3 is 2.81 bits per heavy atom. The van der Waals surface area contributed by atoms with Crippen LogP contribution in [0.2, 0.25) is 0 Å². The predicted molar refractivity (Wildman–Crippen MR) is 61.9 cm³/mol. The van der Waals surface area contributed by atoms with Crippen LogP contribution < -0.4 is 0 Å². The minimum atomic E-state index is 0.144. The Balaban J connectivity index is 1.78. The molecule has 3 nitrogen and oxygen atoms in total. The smallest absolute Gasteiger partial charge is 0.219 e. The molecule has 1 aromatic rings. The van der Waals surface area contributed by atoms with E-state index >= 15 is 0 Å². The molecule has 2 rings (SSSR count). The fourth-order valence-electron chi connectivity index (χ4n) is 1.94. The summed E-state index contributed by atoms with van der Waals surface area (Å²) in [6, 6.07) is 10.1. The van der Waals surface area contributed by atoms with Crippen LogP contribution in [0.4, 0.5) is 0 Å². The van der Waals surface area contributed by atoms with Gasteiger partial charge in [0, 0.05) is 20.0 Å². The van der Waals surface area contributed by atoms with Gasteiger partial charge in [-0.25, -0.2) is 0 Å². The van der Waals surface area contributed by atoms with E-state index in [9.17, 15) is 4.79 Å². The third kappa shape index (κ3) is 2.83. The van der Waals surface area contributed by atoms with E-state index in [4.69, 9.17) is 4.74 Å². The maximum atomic E-state index is 11.1. The average molecular weight is 219 g/mol. The second-order valence-corrected chi connectivity index (χ2v) is 4.17. The molecule has 0 radical (unpaired) electrons. The van der Waals surface area contributed by atoms with E-state index in [1.807, 2.05) is 23.1 Å². The van der Waals surface area contributed by atoms with Crippen molar-refractivity contribution < 1.29 is 9.53 Å². The monoisotopic (exact) mass is 219 g/mol. The summed E-state index contributed by atoms with van der Waals surface area (Å²) in [6.45, 7) is 3.81. The lowest BCUT2D eigenvalue weighted by molar-refractivity contribution is -0.128. The summed E-state index contributed by atoms with van der Waals surface area (Å²) in [4.78, 5) is 13.0. The average Bonchev–Trinajstić information content (AvgIpc) is 2.76. The Bertz CT molecular complexity index is 350. The highest BCUT2D eigenvalue weighted by Gasteiger charge is 2.24. The molecule has 1 heterocycles. The first-order valence-electron chi connectivity index (χ1n) is 5.67. The van der Waals surface area contributed by atoms with Crippen LogP contribution >= 0.6 is 0 Å². The van der Waals surface area contributed by atoms with Gasteiger partial charge < -0.3 is 9.64 Å². The quantitative estimate of drug-likeness (QED) is 0.776. The maximum absolute atomic E-state index is 11.1. The van der Waals surface area contributed by atoms with E-state index in [0.29, 0.717) is 6.61 Å². The van der Waals surface area contributed by atoms with Crippen LogP contribution in [0.3, 0.4) is 0 Å². The normalized spacial score (nSPS) is 20.1. The summed E-state index contributed by atoms with van der Waals surface area (Å²) in [6.07, 6.45) is 1.15. The fraction of sp³-hybridized carbons (Fsp3) is 0.462. The van der Waals surface area contributed by atoms with E-state index in [1.54, 1.807) is 6.92 Å². The van der Waals surface area contributed by atoms with Crippen molar-refractivity contribution in [2.45, 2.75) is 26.1 Å². The van der Waals surface area contributed by atoms with Crippen molar-refractivity contribution >= 4 is 5.91 Å². The third-order valence-corrected chi connectivity index (χ3v) is 2.92. The number of rotatable bonds is 3. The second kappa shape index (κ2) is 5.12. The number of amides is 1. The molecule has 0 N–H and O–H groups in total. The van der Waals surface area contributed by atoms with E-state index in [0.717, 1.165) is 19.5 Å². The molecule has 0 saturated carbocycles.